The van der Waals surface area contributed by atoms with Crippen LogP contribution in [0.4, 0.5) is 0 Å². The molecule has 3 rings (SSSR count). The Hall–Kier alpha value is -2.33. The van der Waals surface area contributed by atoms with Gasteiger partial charge in [0.25, 0.3) is 0 Å². The Balaban J connectivity index is 1.35. The van der Waals surface area contributed by atoms with Gasteiger partial charge in [0.05, 0.1) is 5.56 Å². The molecule has 1 aliphatic heterocycles. The SMILES string of the molecule is CCCCCCCCCCCCCCCCN(CCCCCCCCCCCCCCCC)OC(=O)c1cccc2c1Cc1ccccc1O2. The van der Waals surface area contributed by atoms with Crippen molar-refractivity contribution in [3.05, 3.63) is 59.2 Å². The summed E-state index contributed by atoms with van der Waals surface area (Å²) in [6.07, 6.45) is 38.4. The number of carbonyl (C=O) groups excluding carboxylic acids is 1. The van der Waals surface area contributed by atoms with Crippen LogP contribution in [0.25, 0.3) is 0 Å². The molecule has 4 nitrogen and oxygen atoms in total. The average Bonchev–Trinajstić information content (AvgIpc) is 3.13. The molecule has 1 heterocycles. The van der Waals surface area contributed by atoms with E-state index in [9.17, 15) is 4.79 Å². The summed E-state index contributed by atoms with van der Waals surface area (Å²) in [4.78, 5) is 19.8. The van der Waals surface area contributed by atoms with Gasteiger partial charge in [0.1, 0.15) is 11.5 Å². The molecule has 0 saturated carbocycles. The minimum absolute atomic E-state index is 0.249. The molecular weight excluding hydrogens is 615 g/mol. The average molecular weight is 690 g/mol. The molecule has 0 atom stereocenters. The summed E-state index contributed by atoms with van der Waals surface area (Å²) < 4.78 is 6.17. The van der Waals surface area contributed by atoms with Crippen LogP contribution >= 0.6 is 0 Å². The number of unbranched alkanes of at least 4 members (excludes halogenated alkanes) is 26. The standard InChI is InChI=1S/C46H75NO3/c1-3-5-7-9-11-13-15-17-19-21-23-25-27-31-38-47(39-32-28-26-24-22-20-18-16-14-12-10-8-6-4-2)50-46(48)42-35-33-37-45-43(42)40-41-34-29-30-36-44(41)49-45/h29-30,33-37H,3-28,31-32,38-40H2,1-2H3. The van der Waals surface area contributed by atoms with Crippen LogP contribution in [-0.4, -0.2) is 24.1 Å². The molecule has 282 valence electrons. The lowest BCUT2D eigenvalue weighted by Crippen LogP contribution is -2.30. The number of hydrogen-bond donors (Lipinski definition) is 0. The highest BCUT2D eigenvalue weighted by molar-refractivity contribution is 5.92. The van der Waals surface area contributed by atoms with Crippen LogP contribution < -0.4 is 4.74 Å². The summed E-state index contributed by atoms with van der Waals surface area (Å²) >= 11 is 0. The molecule has 0 spiro atoms. The highest BCUT2D eigenvalue weighted by Gasteiger charge is 2.24. The van der Waals surface area contributed by atoms with Gasteiger partial charge in [0.2, 0.25) is 0 Å². The maximum atomic E-state index is 13.6. The molecule has 0 N–H and O–H groups in total. The summed E-state index contributed by atoms with van der Waals surface area (Å²) in [7, 11) is 0. The van der Waals surface area contributed by atoms with Crippen molar-refractivity contribution in [2.75, 3.05) is 13.1 Å². The molecule has 4 heteroatoms. The van der Waals surface area contributed by atoms with Crippen molar-refractivity contribution in [3.8, 4) is 11.5 Å². The Bertz CT molecular complexity index is 1100. The zero-order valence-corrected chi connectivity index (χ0v) is 32.6. The molecule has 0 unspecified atom stereocenters. The third-order valence-corrected chi connectivity index (χ3v) is 10.6. The first kappa shape index (κ1) is 42.1. The number of ether oxygens (including phenoxy) is 1. The summed E-state index contributed by atoms with van der Waals surface area (Å²) in [5.41, 5.74) is 2.68. The molecule has 0 radical (unpaired) electrons. The smallest absolute Gasteiger partial charge is 0.357 e. The number of hydrogen-bond acceptors (Lipinski definition) is 4. The second-order valence-electron chi connectivity index (χ2n) is 15.2. The van der Waals surface area contributed by atoms with Gasteiger partial charge >= 0.3 is 5.97 Å². The molecule has 0 fully saturated rings. The van der Waals surface area contributed by atoms with Crippen molar-refractivity contribution in [3.63, 3.8) is 0 Å². The fourth-order valence-electron chi connectivity index (χ4n) is 7.43. The monoisotopic (exact) mass is 690 g/mol. The van der Waals surface area contributed by atoms with E-state index in [2.05, 4.69) is 19.9 Å². The van der Waals surface area contributed by atoms with Gasteiger partial charge in [-0.2, -0.15) is 0 Å². The lowest BCUT2D eigenvalue weighted by molar-refractivity contribution is -0.111. The summed E-state index contributed by atoms with van der Waals surface area (Å²) in [5, 5.41) is 1.97. The highest BCUT2D eigenvalue weighted by atomic mass is 16.7. The van der Waals surface area contributed by atoms with Crippen LogP contribution in [0.1, 0.15) is 215 Å². The van der Waals surface area contributed by atoms with Crippen LogP contribution in [-0.2, 0) is 11.3 Å². The van der Waals surface area contributed by atoms with Crippen molar-refractivity contribution < 1.29 is 14.4 Å². The van der Waals surface area contributed by atoms with Gasteiger partial charge in [-0.15, -0.1) is 5.06 Å². The minimum Gasteiger partial charge on any atom is -0.457 e. The number of benzene rings is 2. The maximum Gasteiger partial charge on any atom is 0.357 e. The second-order valence-corrected chi connectivity index (χ2v) is 15.2. The first-order valence-electron chi connectivity index (χ1n) is 21.6. The van der Waals surface area contributed by atoms with Crippen molar-refractivity contribution in [2.24, 2.45) is 0 Å². The largest absolute Gasteiger partial charge is 0.457 e. The van der Waals surface area contributed by atoms with Crippen molar-refractivity contribution >= 4 is 5.97 Å². The predicted molar refractivity (Wildman–Crippen MR) is 213 cm³/mol. The van der Waals surface area contributed by atoms with E-state index in [-0.39, 0.29) is 5.97 Å². The number of fused-ring (bicyclic) bond motifs is 2. The summed E-state index contributed by atoms with van der Waals surface area (Å²) in [5.74, 6) is 1.40. The van der Waals surface area contributed by atoms with E-state index in [0.717, 1.165) is 48.6 Å². The van der Waals surface area contributed by atoms with Gasteiger partial charge in [-0.05, 0) is 36.6 Å². The first-order chi connectivity index (χ1) is 24.7. The van der Waals surface area contributed by atoms with Crippen molar-refractivity contribution in [1.82, 2.24) is 5.06 Å². The zero-order valence-electron chi connectivity index (χ0n) is 32.6. The molecule has 2 aromatic rings. The lowest BCUT2D eigenvalue weighted by Gasteiger charge is -2.24. The summed E-state index contributed by atoms with van der Waals surface area (Å²) in [6, 6.07) is 13.9. The molecule has 1 aliphatic rings. The van der Waals surface area contributed by atoms with Gasteiger partial charge in [-0.25, -0.2) is 4.79 Å². The third-order valence-electron chi connectivity index (χ3n) is 10.6. The normalized spacial score (nSPS) is 12.1. The first-order valence-corrected chi connectivity index (χ1v) is 21.6. The highest BCUT2D eigenvalue weighted by Crippen LogP contribution is 2.38. The van der Waals surface area contributed by atoms with E-state index in [1.807, 2.05) is 41.5 Å². The van der Waals surface area contributed by atoms with E-state index in [0.29, 0.717) is 12.0 Å². The van der Waals surface area contributed by atoms with Crippen LogP contribution in [0.2, 0.25) is 0 Å². The Morgan fingerprint density at radius 1 is 0.520 bits per heavy atom. The zero-order chi connectivity index (χ0) is 35.3. The van der Waals surface area contributed by atoms with Gasteiger partial charge in [-0.3, -0.25) is 0 Å². The number of carbonyl (C=O) groups is 1. The second kappa shape index (κ2) is 28.3. The van der Waals surface area contributed by atoms with E-state index < -0.39 is 0 Å². The van der Waals surface area contributed by atoms with E-state index in [1.54, 1.807) is 0 Å². The van der Waals surface area contributed by atoms with Gasteiger partial charge in [0, 0.05) is 25.1 Å². The van der Waals surface area contributed by atoms with Gasteiger partial charge in [0.15, 0.2) is 0 Å². The van der Waals surface area contributed by atoms with E-state index in [1.165, 1.54) is 167 Å². The minimum atomic E-state index is -0.249. The predicted octanol–water partition coefficient (Wildman–Crippen LogP) is 14.7. The van der Waals surface area contributed by atoms with Crippen LogP contribution in [0.15, 0.2) is 42.5 Å². The Morgan fingerprint density at radius 3 is 1.38 bits per heavy atom. The Labute approximate surface area is 308 Å². The van der Waals surface area contributed by atoms with E-state index >= 15 is 0 Å². The maximum absolute atomic E-state index is 13.6. The van der Waals surface area contributed by atoms with Crippen LogP contribution in [0, 0.1) is 0 Å². The number of nitrogens with zero attached hydrogens (tertiary/aromatic N) is 1. The van der Waals surface area contributed by atoms with Crippen molar-refractivity contribution in [2.45, 2.75) is 200 Å². The quantitative estimate of drug-likeness (QED) is 0.0483. The third kappa shape index (κ3) is 18.2. The van der Waals surface area contributed by atoms with Crippen LogP contribution in [0.3, 0.4) is 0 Å². The lowest BCUT2D eigenvalue weighted by atomic mass is 9.96. The molecular formula is C46H75NO3. The number of para-hydroxylation sites is 1. The molecule has 0 amide bonds. The molecule has 0 bridgehead atoms. The van der Waals surface area contributed by atoms with Crippen molar-refractivity contribution in [1.29, 1.82) is 0 Å². The van der Waals surface area contributed by atoms with E-state index in [4.69, 9.17) is 9.57 Å². The molecule has 0 aliphatic carbocycles. The molecule has 0 saturated heterocycles. The molecule has 2 aromatic carbocycles. The molecule has 0 aromatic heterocycles. The fourth-order valence-corrected chi connectivity index (χ4v) is 7.43. The van der Waals surface area contributed by atoms with Gasteiger partial charge in [-0.1, -0.05) is 205 Å². The molecule has 50 heavy (non-hydrogen) atoms. The Morgan fingerprint density at radius 2 is 0.920 bits per heavy atom. The number of hydroxylamine groups is 2. The summed E-state index contributed by atoms with van der Waals surface area (Å²) in [6.45, 7) is 6.21. The number of rotatable bonds is 32. The fraction of sp³-hybridized carbons (Fsp3) is 0.717. The van der Waals surface area contributed by atoms with Crippen LogP contribution in [0.5, 0.6) is 11.5 Å². The Kier molecular flexibility index (Phi) is 23.8. The van der Waals surface area contributed by atoms with Gasteiger partial charge < -0.3 is 9.57 Å². The topological polar surface area (TPSA) is 38.8 Å².